The van der Waals surface area contributed by atoms with Crippen LogP contribution in [0.3, 0.4) is 0 Å². The minimum atomic E-state index is -1.18. The molecule has 0 saturated carbocycles. The molecule has 0 bridgehead atoms. The summed E-state index contributed by atoms with van der Waals surface area (Å²) in [7, 11) is 1.48. The van der Waals surface area contributed by atoms with Crippen LogP contribution in [-0.2, 0) is 14.3 Å². The van der Waals surface area contributed by atoms with Gasteiger partial charge in [0.05, 0.1) is 49.0 Å². The fourth-order valence-corrected chi connectivity index (χ4v) is 3.55. The summed E-state index contributed by atoms with van der Waals surface area (Å²) >= 11 is 0. The highest BCUT2D eigenvalue weighted by Gasteiger charge is 2.47. The molecular formula is C22H22N2O8. The smallest absolute Gasteiger partial charge is 0.295 e. The Morgan fingerprint density at radius 2 is 1.81 bits per heavy atom. The van der Waals surface area contributed by atoms with Crippen LogP contribution in [-0.4, -0.2) is 65.2 Å². The summed E-state index contributed by atoms with van der Waals surface area (Å²) in [6.45, 7) is -0.260. The molecule has 2 N–H and O–H groups in total. The second kappa shape index (κ2) is 10.0. The van der Waals surface area contributed by atoms with Crippen molar-refractivity contribution < 1.29 is 34.2 Å². The van der Waals surface area contributed by atoms with E-state index >= 15 is 0 Å². The Morgan fingerprint density at radius 3 is 2.44 bits per heavy atom. The first-order valence-corrected chi connectivity index (χ1v) is 9.75. The molecule has 1 fully saturated rings. The third-order valence-corrected chi connectivity index (χ3v) is 5.04. The number of likely N-dealkylation sites (tertiary alicyclic amines) is 1. The number of hydrogen-bond acceptors (Lipinski definition) is 8. The molecule has 2 aromatic carbocycles. The number of nitro groups is 1. The molecule has 0 spiro atoms. The van der Waals surface area contributed by atoms with Crippen LogP contribution in [0.4, 0.5) is 5.69 Å². The maximum Gasteiger partial charge on any atom is 0.295 e. The zero-order valence-electron chi connectivity index (χ0n) is 17.3. The molecule has 1 aliphatic heterocycles. The molecule has 0 aliphatic carbocycles. The van der Waals surface area contributed by atoms with Crippen molar-refractivity contribution in [2.24, 2.45) is 0 Å². The largest absolute Gasteiger partial charge is 0.507 e. The van der Waals surface area contributed by atoms with Crippen LogP contribution in [0.25, 0.3) is 5.76 Å². The predicted octanol–water partition coefficient (Wildman–Crippen LogP) is 2.03. The number of nitro benzene ring substituents is 1. The van der Waals surface area contributed by atoms with E-state index in [2.05, 4.69) is 0 Å². The standard InChI is InChI=1S/C22H22N2O8/c1-31-15-8-6-14(7-9-15)20(26)18-19(16-4-2-3-5-17(16)24(29)30)23(22(28)21(18)27)10-12-32-13-11-25/h2-9,19,25-26H,10-13H2,1H3. The highest BCUT2D eigenvalue weighted by molar-refractivity contribution is 6.46. The van der Waals surface area contributed by atoms with Crippen molar-refractivity contribution in [3.8, 4) is 5.75 Å². The van der Waals surface area contributed by atoms with E-state index < -0.39 is 28.4 Å². The average molecular weight is 442 g/mol. The number of ketones is 1. The van der Waals surface area contributed by atoms with Gasteiger partial charge in [-0.15, -0.1) is 0 Å². The highest BCUT2D eigenvalue weighted by atomic mass is 16.6. The SMILES string of the molecule is COc1ccc(C(O)=C2C(=O)C(=O)N(CCOCCO)C2c2ccccc2[N+](=O)[O-])cc1. The van der Waals surface area contributed by atoms with E-state index in [-0.39, 0.29) is 48.8 Å². The molecule has 0 aromatic heterocycles. The van der Waals surface area contributed by atoms with Crippen molar-refractivity contribution in [2.45, 2.75) is 6.04 Å². The first kappa shape index (κ1) is 22.9. The number of ether oxygens (including phenoxy) is 2. The Labute approximate surface area is 183 Å². The maximum atomic E-state index is 12.9. The summed E-state index contributed by atoms with van der Waals surface area (Å²) in [6.07, 6.45) is 0. The van der Waals surface area contributed by atoms with Crippen molar-refractivity contribution in [2.75, 3.05) is 33.5 Å². The molecule has 1 saturated heterocycles. The molecule has 2 aromatic rings. The number of nitrogens with zero attached hydrogens (tertiary/aromatic N) is 2. The summed E-state index contributed by atoms with van der Waals surface area (Å²) in [6, 6.07) is 10.7. The molecule has 32 heavy (non-hydrogen) atoms. The topological polar surface area (TPSA) is 139 Å². The number of Topliss-reactive ketones (excluding diaryl/α,β-unsaturated/α-hetero) is 1. The lowest BCUT2D eigenvalue weighted by molar-refractivity contribution is -0.385. The normalized spacial score (nSPS) is 17.6. The molecule has 1 heterocycles. The second-order valence-electron chi connectivity index (χ2n) is 6.87. The third-order valence-electron chi connectivity index (χ3n) is 5.04. The van der Waals surface area contributed by atoms with Gasteiger partial charge in [-0.25, -0.2) is 0 Å². The third kappa shape index (κ3) is 4.46. The molecule has 10 nitrogen and oxygen atoms in total. The van der Waals surface area contributed by atoms with E-state index in [9.17, 15) is 24.8 Å². The monoisotopic (exact) mass is 442 g/mol. The number of benzene rings is 2. The zero-order chi connectivity index (χ0) is 23.3. The molecule has 168 valence electrons. The minimum absolute atomic E-state index is 0.00666. The van der Waals surface area contributed by atoms with Gasteiger partial charge in [0.15, 0.2) is 0 Å². The van der Waals surface area contributed by atoms with Crippen LogP contribution in [0.15, 0.2) is 54.1 Å². The average Bonchev–Trinajstić information content (AvgIpc) is 3.06. The summed E-state index contributed by atoms with van der Waals surface area (Å²) in [5.74, 6) is -1.79. The van der Waals surface area contributed by atoms with Crippen LogP contribution < -0.4 is 4.74 Å². The van der Waals surface area contributed by atoms with Crippen molar-refractivity contribution in [1.29, 1.82) is 0 Å². The van der Waals surface area contributed by atoms with Crippen molar-refractivity contribution in [1.82, 2.24) is 4.90 Å². The predicted molar refractivity (Wildman–Crippen MR) is 113 cm³/mol. The summed E-state index contributed by atoms with van der Waals surface area (Å²) in [5.41, 5.74) is -0.198. The Kier molecular flexibility index (Phi) is 7.18. The Hall–Kier alpha value is -3.76. The number of hydrogen-bond donors (Lipinski definition) is 2. The van der Waals surface area contributed by atoms with Crippen LogP contribution in [0.2, 0.25) is 0 Å². The lowest BCUT2D eigenvalue weighted by Crippen LogP contribution is -2.33. The second-order valence-corrected chi connectivity index (χ2v) is 6.87. The van der Waals surface area contributed by atoms with Gasteiger partial charge in [-0.3, -0.25) is 19.7 Å². The number of aliphatic hydroxyl groups is 2. The lowest BCUT2D eigenvalue weighted by Gasteiger charge is -2.25. The quantitative estimate of drug-likeness (QED) is 0.150. The maximum absolute atomic E-state index is 12.9. The Balaban J connectivity index is 2.14. The van der Waals surface area contributed by atoms with Crippen molar-refractivity contribution in [3.63, 3.8) is 0 Å². The zero-order valence-corrected chi connectivity index (χ0v) is 17.3. The molecule has 10 heteroatoms. The van der Waals surface area contributed by atoms with Crippen LogP contribution >= 0.6 is 0 Å². The van der Waals surface area contributed by atoms with Crippen molar-refractivity contribution in [3.05, 3.63) is 75.3 Å². The van der Waals surface area contributed by atoms with Gasteiger partial charge in [0, 0.05) is 18.2 Å². The minimum Gasteiger partial charge on any atom is -0.507 e. The summed E-state index contributed by atoms with van der Waals surface area (Å²) in [4.78, 5) is 37.9. The number of methoxy groups -OCH3 is 1. The molecule has 1 aliphatic rings. The van der Waals surface area contributed by atoms with Gasteiger partial charge in [-0.1, -0.05) is 12.1 Å². The summed E-state index contributed by atoms with van der Waals surface area (Å²) in [5, 5.41) is 31.5. The number of rotatable bonds is 9. The molecule has 1 amide bonds. The van der Waals surface area contributed by atoms with E-state index in [1.165, 1.54) is 37.4 Å². The van der Waals surface area contributed by atoms with E-state index in [0.29, 0.717) is 5.75 Å². The van der Waals surface area contributed by atoms with E-state index in [1.54, 1.807) is 18.2 Å². The van der Waals surface area contributed by atoms with Gasteiger partial charge in [0.25, 0.3) is 17.4 Å². The van der Waals surface area contributed by atoms with Gasteiger partial charge in [-0.05, 0) is 30.3 Å². The first-order valence-electron chi connectivity index (χ1n) is 9.75. The Bertz CT molecular complexity index is 1050. The van der Waals surface area contributed by atoms with Gasteiger partial charge < -0.3 is 24.6 Å². The molecule has 0 radical (unpaired) electrons. The fraction of sp³-hybridized carbons (Fsp3) is 0.273. The van der Waals surface area contributed by atoms with Gasteiger partial charge in [0.1, 0.15) is 11.5 Å². The van der Waals surface area contributed by atoms with E-state index in [0.717, 1.165) is 4.90 Å². The fourth-order valence-electron chi connectivity index (χ4n) is 3.55. The number of aliphatic hydroxyl groups excluding tert-OH is 2. The number of carbonyl (C=O) groups excluding carboxylic acids is 2. The lowest BCUT2D eigenvalue weighted by atomic mass is 9.94. The van der Waals surface area contributed by atoms with E-state index in [4.69, 9.17) is 14.6 Å². The van der Waals surface area contributed by atoms with Gasteiger partial charge in [-0.2, -0.15) is 0 Å². The molecule has 3 rings (SSSR count). The first-order chi connectivity index (χ1) is 15.4. The Morgan fingerprint density at radius 1 is 1.12 bits per heavy atom. The van der Waals surface area contributed by atoms with Crippen LogP contribution in [0.1, 0.15) is 17.2 Å². The summed E-state index contributed by atoms with van der Waals surface area (Å²) < 4.78 is 10.3. The molecular weight excluding hydrogens is 420 g/mol. The van der Waals surface area contributed by atoms with Gasteiger partial charge >= 0.3 is 0 Å². The van der Waals surface area contributed by atoms with Crippen LogP contribution in [0, 0.1) is 10.1 Å². The van der Waals surface area contributed by atoms with Gasteiger partial charge in [0.2, 0.25) is 0 Å². The number of amides is 1. The number of para-hydroxylation sites is 1. The van der Waals surface area contributed by atoms with Crippen molar-refractivity contribution >= 4 is 23.1 Å². The molecule has 1 unspecified atom stereocenters. The number of carbonyl (C=O) groups is 2. The molecule has 1 atom stereocenters. The highest BCUT2D eigenvalue weighted by Crippen LogP contribution is 2.42. The van der Waals surface area contributed by atoms with Crippen LogP contribution in [0.5, 0.6) is 5.75 Å². The van der Waals surface area contributed by atoms with E-state index in [1.807, 2.05) is 0 Å².